The van der Waals surface area contributed by atoms with Gasteiger partial charge < -0.3 is 14.8 Å². The Bertz CT molecular complexity index is 476. The molecule has 0 bridgehead atoms. The number of carbonyl (C=O) groups is 1. The molecule has 2 aliphatic rings. The fourth-order valence-corrected chi connectivity index (χ4v) is 4.39. The molecular formula is C12H17N3O3S2. The summed E-state index contributed by atoms with van der Waals surface area (Å²) in [5.74, 6) is -0.147. The molecule has 1 aromatic heterocycles. The van der Waals surface area contributed by atoms with Crippen molar-refractivity contribution in [1.29, 1.82) is 0 Å². The van der Waals surface area contributed by atoms with Gasteiger partial charge in [0, 0.05) is 19.6 Å². The highest BCUT2D eigenvalue weighted by atomic mass is 32.2. The Hall–Kier alpha value is -0.860. The summed E-state index contributed by atoms with van der Waals surface area (Å²) in [5.41, 5.74) is 0. The van der Waals surface area contributed by atoms with Gasteiger partial charge in [-0.05, 0) is 19.8 Å². The van der Waals surface area contributed by atoms with E-state index in [1.54, 1.807) is 0 Å². The van der Waals surface area contributed by atoms with Gasteiger partial charge in [0.15, 0.2) is 4.34 Å². The number of rotatable bonds is 5. The van der Waals surface area contributed by atoms with Crippen LogP contribution in [-0.4, -0.2) is 46.8 Å². The Morgan fingerprint density at radius 3 is 3.10 bits per heavy atom. The number of hydrogen-bond acceptors (Lipinski definition) is 8. The van der Waals surface area contributed by atoms with Crippen LogP contribution in [0.3, 0.4) is 0 Å². The maximum absolute atomic E-state index is 11.6. The lowest BCUT2D eigenvalue weighted by Crippen LogP contribution is -2.18. The first kappa shape index (κ1) is 14.1. The normalized spacial score (nSPS) is 29.6. The van der Waals surface area contributed by atoms with Crippen molar-refractivity contribution >= 4 is 34.2 Å². The summed E-state index contributed by atoms with van der Waals surface area (Å²) in [5, 5.41) is 12.1. The van der Waals surface area contributed by atoms with Crippen LogP contribution in [-0.2, 0) is 14.3 Å². The fourth-order valence-electron chi connectivity index (χ4n) is 2.27. The van der Waals surface area contributed by atoms with Crippen LogP contribution >= 0.6 is 23.1 Å². The van der Waals surface area contributed by atoms with Gasteiger partial charge in [0.1, 0.15) is 11.4 Å². The minimum Gasteiger partial charge on any atom is -0.462 e. The molecule has 3 unspecified atom stereocenters. The number of anilines is 1. The van der Waals surface area contributed by atoms with Crippen LogP contribution in [0, 0.1) is 0 Å². The number of carbonyl (C=O) groups excluding carboxylic acids is 1. The number of nitrogens with one attached hydrogen (secondary N) is 1. The van der Waals surface area contributed by atoms with Gasteiger partial charge in [0.25, 0.3) is 0 Å². The highest BCUT2D eigenvalue weighted by Gasteiger charge is 2.33. The van der Waals surface area contributed by atoms with E-state index >= 15 is 0 Å². The number of hydrogen-bond donors (Lipinski definition) is 1. The third-order valence-electron chi connectivity index (χ3n) is 3.28. The fraction of sp³-hybridized carbons (Fsp3) is 0.750. The van der Waals surface area contributed by atoms with Crippen LogP contribution < -0.4 is 5.32 Å². The van der Waals surface area contributed by atoms with Crippen LogP contribution in [0.15, 0.2) is 4.34 Å². The van der Waals surface area contributed by atoms with E-state index in [1.165, 1.54) is 23.1 Å². The second-order valence-corrected chi connectivity index (χ2v) is 7.41. The predicted octanol–water partition coefficient (Wildman–Crippen LogP) is 1.93. The first-order chi connectivity index (χ1) is 9.70. The molecule has 2 aliphatic heterocycles. The van der Waals surface area contributed by atoms with Crippen molar-refractivity contribution in [3.63, 3.8) is 0 Å². The van der Waals surface area contributed by atoms with Crippen molar-refractivity contribution in [3.8, 4) is 0 Å². The van der Waals surface area contributed by atoms with Crippen LogP contribution in [0.5, 0.6) is 0 Å². The molecule has 2 fully saturated rings. The summed E-state index contributed by atoms with van der Waals surface area (Å²) in [6.45, 7) is 3.53. The number of ether oxygens (including phenoxy) is 2. The monoisotopic (exact) mass is 315 g/mol. The van der Waals surface area contributed by atoms with E-state index in [0.29, 0.717) is 0 Å². The number of cyclic esters (lactones) is 1. The molecule has 110 valence electrons. The first-order valence-corrected chi connectivity index (χ1v) is 8.46. The van der Waals surface area contributed by atoms with Gasteiger partial charge in [0.05, 0.1) is 6.10 Å². The quantitative estimate of drug-likeness (QED) is 0.832. The second kappa shape index (κ2) is 6.28. The topological polar surface area (TPSA) is 73.3 Å². The second-order valence-electron chi connectivity index (χ2n) is 4.98. The molecule has 3 heterocycles. The number of thioether (sulfide) groups is 1. The van der Waals surface area contributed by atoms with E-state index in [0.717, 1.165) is 41.9 Å². The van der Waals surface area contributed by atoms with E-state index in [4.69, 9.17) is 9.47 Å². The van der Waals surface area contributed by atoms with Crippen molar-refractivity contribution in [1.82, 2.24) is 10.2 Å². The molecule has 0 saturated carbocycles. The first-order valence-electron chi connectivity index (χ1n) is 6.77. The van der Waals surface area contributed by atoms with E-state index in [1.807, 2.05) is 6.92 Å². The zero-order valence-corrected chi connectivity index (χ0v) is 12.8. The molecule has 6 nitrogen and oxygen atoms in total. The molecular weight excluding hydrogens is 298 g/mol. The van der Waals surface area contributed by atoms with Crippen molar-refractivity contribution in [2.45, 2.75) is 48.0 Å². The van der Waals surface area contributed by atoms with Crippen LogP contribution in [0.2, 0.25) is 0 Å². The molecule has 20 heavy (non-hydrogen) atoms. The van der Waals surface area contributed by atoms with E-state index in [2.05, 4.69) is 15.5 Å². The molecule has 8 heteroatoms. The molecule has 1 aromatic rings. The summed E-state index contributed by atoms with van der Waals surface area (Å²) < 4.78 is 11.5. The molecule has 0 amide bonds. The lowest BCUT2D eigenvalue weighted by molar-refractivity contribution is -0.140. The molecule has 2 saturated heterocycles. The highest BCUT2D eigenvalue weighted by molar-refractivity contribution is 8.02. The van der Waals surface area contributed by atoms with E-state index < -0.39 is 0 Å². The SMILES string of the molecule is CC1CC(Sc2nnc(NCC3CCCO3)s2)C(=O)O1. The maximum Gasteiger partial charge on any atom is 0.319 e. The maximum atomic E-state index is 11.6. The smallest absolute Gasteiger partial charge is 0.319 e. The highest BCUT2D eigenvalue weighted by Crippen LogP contribution is 2.34. The van der Waals surface area contributed by atoms with Crippen LogP contribution in [0.4, 0.5) is 5.13 Å². The average molecular weight is 315 g/mol. The van der Waals surface area contributed by atoms with Crippen molar-refractivity contribution in [2.75, 3.05) is 18.5 Å². The van der Waals surface area contributed by atoms with Gasteiger partial charge in [0.2, 0.25) is 5.13 Å². The molecule has 0 aliphatic carbocycles. The van der Waals surface area contributed by atoms with Gasteiger partial charge in [-0.2, -0.15) is 0 Å². The van der Waals surface area contributed by atoms with Gasteiger partial charge in [-0.15, -0.1) is 10.2 Å². The molecule has 0 radical (unpaired) electrons. The average Bonchev–Trinajstić information content (AvgIpc) is 3.11. The zero-order valence-electron chi connectivity index (χ0n) is 11.2. The van der Waals surface area contributed by atoms with Gasteiger partial charge in [-0.1, -0.05) is 23.1 Å². The summed E-state index contributed by atoms with van der Waals surface area (Å²) in [4.78, 5) is 11.6. The van der Waals surface area contributed by atoms with Crippen LogP contribution in [0.25, 0.3) is 0 Å². The standard InChI is InChI=1S/C12H17N3O3S2/c1-7-5-9(10(16)18-7)19-12-15-14-11(20-12)13-6-8-3-2-4-17-8/h7-9H,2-6H2,1H3,(H,13,14). The summed E-state index contributed by atoms with van der Waals surface area (Å²) in [6, 6.07) is 0. The summed E-state index contributed by atoms with van der Waals surface area (Å²) in [6.07, 6.45) is 3.25. The van der Waals surface area contributed by atoms with Crippen molar-refractivity contribution in [3.05, 3.63) is 0 Å². The lowest BCUT2D eigenvalue weighted by Gasteiger charge is -2.08. The Balaban J connectivity index is 1.50. The molecule has 3 rings (SSSR count). The Kier molecular flexibility index (Phi) is 4.42. The molecule has 3 atom stereocenters. The Morgan fingerprint density at radius 1 is 1.50 bits per heavy atom. The predicted molar refractivity (Wildman–Crippen MR) is 77.2 cm³/mol. The molecule has 0 spiro atoms. The summed E-state index contributed by atoms with van der Waals surface area (Å²) in [7, 11) is 0. The largest absolute Gasteiger partial charge is 0.462 e. The van der Waals surface area contributed by atoms with Crippen LogP contribution in [0.1, 0.15) is 26.2 Å². The lowest BCUT2D eigenvalue weighted by atomic mass is 10.2. The minimum atomic E-state index is -0.149. The molecule has 1 N–H and O–H groups in total. The van der Waals surface area contributed by atoms with Gasteiger partial charge in [-0.25, -0.2) is 0 Å². The number of esters is 1. The van der Waals surface area contributed by atoms with Gasteiger partial charge in [-0.3, -0.25) is 4.79 Å². The Labute approximate surface area is 125 Å². The number of aromatic nitrogens is 2. The van der Waals surface area contributed by atoms with E-state index in [9.17, 15) is 4.79 Å². The summed E-state index contributed by atoms with van der Waals surface area (Å²) >= 11 is 2.91. The minimum absolute atomic E-state index is 0.00466. The third kappa shape index (κ3) is 3.42. The third-order valence-corrected chi connectivity index (χ3v) is 5.45. The van der Waals surface area contributed by atoms with Crippen molar-refractivity contribution < 1.29 is 14.3 Å². The van der Waals surface area contributed by atoms with Crippen molar-refractivity contribution in [2.24, 2.45) is 0 Å². The zero-order chi connectivity index (χ0) is 13.9. The molecule has 0 aromatic carbocycles. The van der Waals surface area contributed by atoms with Gasteiger partial charge >= 0.3 is 5.97 Å². The number of nitrogens with zero attached hydrogens (tertiary/aromatic N) is 2. The Morgan fingerprint density at radius 2 is 2.40 bits per heavy atom. The van der Waals surface area contributed by atoms with E-state index in [-0.39, 0.29) is 23.4 Å².